The van der Waals surface area contributed by atoms with Crippen LogP contribution < -0.4 is 15.4 Å². The molecule has 1 aromatic heterocycles. The average Bonchev–Trinajstić information content (AvgIpc) is 3.84. The van der Waals surface area contributed by atoms with Gasteiger partial charge in [-0.15, -0.1) is 0 Å². The Bertz CT molecular complexity index is 3400. The van der Waals surface area contributed by atoms with Crippen molar-refractivity contribution in [3.63, 3.8) is 0 Å². The van der Waals surface area contributed by atoms with Gasteiger partial charge >= 0.3 is 0 Å². The summed E-state index contributed by atoms with van der Waals surface area (Å²) in [5.74, 6) is 2.66. The van der Waals surface area contributed by atoms with Crippen LogP contribution in [0.1, 0.15) is 51.3 Å². The predicted molar refractivity (Wildman–Crippen MR) is 255 cm³/mol. The van der Waals surface area contributed by atoms with Crippen LogP contribution in [0.25, 0.3) is 49.7 Å². The van der Waals surface area contributed by atoms with Crippen molar-refractivity contribution >= 4 is 27.6 Å². The van der Waals surface area contributed by atoms with Gasteiger partial charge in [-0.2, -0.15) is 0 Å². The highest BCUT2D eigenvalue weighted by Gasteiger charge is 2.51. The van der Waals surface area contributed by atoms with E-state index in [2.05, 4.69) is 228 Å². The van der Waals surface area contributed by atoms with E-state index in [4.69, 9.17) is 9.73 Å². The summed E-state index contributed by atoms with van der Waals surface area (Å²) in [7, 11) is 0. The molecule has 0 fully saturated rings. The van der Waals surface area contributed by atoms with Gasteiger partial charge in [-0.25, -0.2) is 4.99 Å². The number of rotatable bonds is 5. The zero-order valence-electron chi connectivity index (χ0n) is 34.2. The second-order valence-electron chi connectivity index (χ2n) is 16.7. The van der Waals surface area contributed by atoms with Crippen molar-refractivity contribution in [2.24, 2.45) is 4.99 Å². The van der Waals surface area contributed by atoms with Gasteiger partial charge in [-0.3, -0.25) is 5.32 Å². The zero-order valence-corrected chi connectivity index (χ0v) is 34.2. The van der Waals surface area contributed by atoms with Gasteiger partial charge in [0.25, 0.3) is 0 Å². The molecule has 13 rings (SSSR count). The number of amidine groups is 1. The van der Waals surface area contributed by atoms with Gasteiger partial charge in [-0.1, -0.05) is 164 Å². The highest BCUT2D eigenvalue weighted by molar-refractivity contribution is 6.11. The number of hydrogen-bond donors (Lipinski definition) is 2. The first-order valence-electron chi connectivity index (χ1n) is 21.7. The highest BCUT2D eigenvalue weighted by atomic mass is 16.5. The van der Waals surface area contributed by atoms with Gasteiger partial charge in [0.2, 0.25) is 0 Å². The molecule has 2 N–H and O–H groups in total. The molecule has 0 amide bonds. The lowest BCUT2D eigenvalue weighted by Gasteiger charge is -2.39. The summed E-state index contributed by atoms with van der Waals surface area (Å²) in [6.45, 7) is 0. The number of hydrogen-bond acceptors (Lipinski definition) is 4. The van der Waals surface area contributed by atoms with Crippen LogP contribution in [0.5, 0.6) is 11.5 Å². The number of aromatic nitrogens is 1. The van der Waals surface area contributed by atoms with E-state index in [0.717, 1.165) is 56.3 Å². The van der Waals surface area contributed by atoms with Crippen molar-refractivity contribution in [2.45, 2.75) is 17.7 Å². The standard InChI is InChI=1S/C58H40N4O/c1-4-16-37(17-5-1)55-59-56(38-18-6-2-7-19-38)61-57(60-55)41-30-33-52-46(35-41)45-34-39(29-32-51(45)62(52)42-20-8-3-9-21-42)40-28-31-44-43-22-10-11-23-47(43)58(50(44)36-40)48-24-12-14-26-53(48)63-54-27-15-13-25-49(54)58/h1-36,55,57,60H,(H,59,61). The highest BCUT2D eigenvalue weighted by Crippen LogP contribution is 2.62. The van der Waals surface area contributed by atoms with Crippen molar-refractivity contribution < 1.29 is 4.74 Å². The number of ether oxygens (including phenoxy) is 1. The van der Waals surface area contributed by atoms with Gasteiger partial charge in [0, 0.05) is 33.2 Å². The normalized spacial score (nSPS) is 16.7. The van der Waals surface area contributed by atoms with E-state index in [-0.39, 0.29) is 12.3 Å². The molecular formula is C58H40N4O. The van der Waals surface area contributed by atoms with Crippen molar-refractivity contribution in [3.05, 3.63) is 257 Å². The maximum Gasteiger partial charge on any atom is 0.132 e. The van der Waals surface area contributed by atoms with E-state index >= 15 is 0 Å². The topological polar surface area (TPSA) is 50.6 Å². The molecule has 63 heavy (non-hydrogen) atoms. The Labute approximate surface area is 365 Å². The van der Waals surface area contributed by atoms with Crippen LogP contribution in [-0.2, 0) is 5.41 Å². The number of para-hydroxylation sites is 3. The van der Waals surface area contributed by atoms with Crippen LogP contribution in [-0.4, -0.2) is 10.4 Å². The number of nitrogens with zero attached hydrogens (tertiary/aromatic N) is 2. The smallest absolute Gasteiger partial charge is 0.132 e. The Kier molecular flexibility index (Phi) is 7.96. The SMILES string of the molecule is c1ccc(C2=NC(c3ccc4c(c3)c3cc(-c5ccc6c(c5)C5(c7ccccc7Oc7ccccc75)c5ccccc5-6)ccc3n4-c3ccccc3)NC(c3ccccc3)N2)cc1. The molecule has 1 spiro atoms. The molecule has 0 bridgehead atoms. The molecule has 5 heteroatoms. The molecule has 0 saturated carbocycles. The maximum atomic E-state index is 6.63. The molecule has 3 aliphatic rings. The summed E-state index contributed by atoms with van der Waals surface area (Å²) in [4.78, 5) is 5.32. The molecule has 1 aliphatic carbocycles. The van der Waals surface area contributed by atoms with Gasteiger partial charge in [0.15, 0.2) is 0 Å². The molecular weight excluding hydrogens is 769 g/mol. The largest absolute Gasteiger partial charge is 0.457 e. The Morgan fingerprint density at radius 3 is 1.76 bits per heavy atom. The quantitative estimate of drug-likeness (QED) is 0.182. The van der Waals surface area contributed by atoms with Crippen molar-refractivity contribution in [2.75, 3.05) is 0 Å². The van der Waals surface area contributed by atoms with Crippen LogP contribution >= 0.6 is 0 Å². The molecule has 10 aromatic rings. The van der Waals surface area contributed by atoms with Crippen molar-refractivity contribution in [1.29, 1.82) is 0 Å². The van der Waals surface area contributed by atoms with Crippen LogP contribution in [0.15, 0.2) is 223 Å². The van der Waals surface area contributed by atoms with E-state index < -0.39 is 5.41 Å². The van der Waals surface area contributed by atoms with Gasteiger partial charge < -0.3 is 14.6 Å². The van der Waals surface area contributed by atoms with Crippen LogP contribution in [0, 0.1) is 0 Å². The molecule has 298 valence electrons. The molecule has 2 atom stereocenters. The van der Waals surface area contributed by atoms with Crippen molar-refractivity contribution in [1.82, 2.24) is 15.2 Å². The number of benzene rings is 9. The molecule has 9 aromatic carbocycles. The van der Waals surface area contributed by atoms with E-state index in [0.29, 0.717) is 0 Å². The fourth-order valence-electron chi connectivity index (χ4n) is 10.6. The maximum absolute atomic E-state index is 6.63. The Balaban J connectivity index is 1.00. The number of aliphatic imine (C=N–C) groups is 1. The van der Waals surface area contributed by atoms with E-state index in [1.165, 1.54) is 49.7 Å². The first kappa shape index (κ1) is 35.7. The molecule has 0 radical (unpaired) electrons. The second kappa shape index (κ2) is 14.0. The lowest BCUT2D eigenvalue weighted by Crippen LogP contribution is -2.44. The lowest BCUT2D eigenvalue weighted by atomic mass is 9.66. The van der Waals surface area contributed by atoms with Crippen molar-refractivity contribution in [3.8, 4) is 39.4 Å². The number of nitrogens with one attached hydrogen (secondary N) is 2. The third-order valence-electron chi connectivity index (χ3n) is 13.3. The fourth-order valence-corrected chi connectivity index (χ4v) is 10.6. The monoisotopic (exact) mass is 808 g/mol. The summed E-state index contributed by atoms with van der Waals surface area (Å²) >= 11 is 0. The summed E-state index contributed by atoms with van der Waals surface area (Å²) in [6, 6.07) is 78.6. The van der Waals surface area contributed by atoms with E-state index in [1.54, 1.807) is 0 Å². The van der Waals surface area contributed by atoms with Crippen LogP contribution in [0.3, 0.4) is 0 Å². The van der Waals surface area contributed by atoms with Gasteiger partial charge in [0.05, 0.1) is 16.4 Å². The first-order valence-corrected chi connectivity index (χ1v) is 21.7. The fraction of sp³-hybridized carbons (Fsp3) is 0.0517. The molecule has 0 saturated heterocycles. The molecule has 5 nitrogen and oxygen atoms in total. The predicted octanol–water partition coefficient (Wildman–Crippen LogP) is 13.3. The minimum absolute atomic E-state index is 0.124. The minimum Gasteiger partial charge on any atom is -0.457 e. The Morgan fingerprint density at radius 2 is 1.02 bits per heavy atom. The lowest BCUT2D eigenvalue weighted by molar-refractivity contribution is 0.409. The van der Waals surface area contributed by atoms with E-state index in [9.17, 15) is 0 Å². The first-order chi connectivity index (χ1) is 31.2. The van der Waals surface area contributed by atoms with Crippen LogP contribution in [0.4, 0.5) is 0 Å². The third-order valence-corrected chi connectivity index (χ3v) is 13.3. The Morgan fingerprint density at radius 1 is 0.444 bits per heavy atom. The molecule has 2 unspecified atom stereocenters. The minimum atomic E-state index is -0.533. The molecule has 3 heterocycles. The van der Waals surface area contributed by atoms with E-state index in [1.807, 2.05) is 6.07 Å². The summed E-state index contributed by atoms with van der Waals surface area (Å²) in [6.07, 6.45) is -0.408. The van der Waals surface area contributed by atoms with Gasteiger partial charge in [0.1, 0.15) is 29.7 Å². The zero-order chi connectivity index (χ0) is 41.5. The Hall–Kier alpha value is -7.99. The summed E-state index contributed by atoms with van der Waals surface area (Å²) in [5.41, 5.74) is 16.0. The second-order valence-corrected chi connectivity index (χ2v) is 16.7. The third kappa shape index (κ3) is 5.43. The van der Waals surface area contributed by atoms with Gasteiger partial charge in [-0.05, 0) is 99.1 Å². The summed E-state index contributed by atoms with van der Waals surface area (Å²) in [5, 5.41) is 9.89. The average molecular weight is 809 g/mol. The summed E-state index contributed by atoms with van der Waals surface area (Å²) < 4.78 is 9.02. The number of fused-ring (bicyclic) bond motifs is 12. The molecule has 2 aliphatic heterocycles. The van der Waals surface area contributed by atoms with Crippen LogP contribution in [0.2, 0.25) is 0 Å².